The fraction of sp³-hybridized carbons (Fsp3) is 0.364. The van der Waals surface area contributed by atoms with Gasteiger partial charge in [-0.1, -0.05) is 13.0 Å². The number of alkyl halides is 1. The Hall–Kier alpha value is -1.45. The molecule has 1 unspecified atom stereocenters. The second-order valence-corrected chi connectivity index (χ2v) is 3.42. The quantitative estimate of drug-likeness (QED) is 0.840. The van der Waals surface area contributed by atoms with Gasteiger partial charge in [0.05, 0.1) is 0 Å². The first-order valence-electron chi connectivity index (χ1n) is 4.60. The molecule has 0 aromatic heterocycles. The van der Waals surface area contributed by atoms with Crippen LogP contribution < -0.4 is 0 Å². The Morgan fingerprint density at radius 1 is 1.53 bits per heavy atom. The van der Waals surface area contributed by atoms with Gasteiger partial charge in [0.2, 0.25) is 5.67 Å². The standard InChI is InChI=1S/C11H12F2O2/c1-3-11(13,10(14)15)8-4-5-9(12)7(2)6-8/h4-6H,3H2,1-2H3,(H,14,15). The second-order valence-electron chi connectivity index (χ2n) is 3.42. The summed E-state index contributed by atoms with van der Waals surface area (Å²) in [5, 5.41) is 8.78. The first kappa shape index (κ1) is 11.6. The number of benzene rings is 1. The van der Waals surface area contributed by atoms with Gasteiger partial charge in [-0.2, -0.15) is 0 Å². The smallest absolute Gasteiger partial charge is 0.346 e. The number of carboxylic acids is 1. The zero-order valence-electron chi connectivity index (χ0n) is 8.55. The largest absolute Gasteiger partial charge is 0.479 e. The van der Waals surface area contributed by atoms with Crippen molar-refractivity contribution in [1.29, 1.82) is 0 Å². The van der Waals surface area contributed by atoms with E-state index in [0.29, 0.717) is 0 Å². The van der Waals surface area contributed by atoms with Crippen molar-refractivity contribution >= 4 is 5.97 Å². The Bertz CT molecular complexity index is 390. The van der Waals surface area contributed by atoms with Crippen LogP contribution in [0.15, 0.2) is 18.2 Å². The summed E-state index contributed by atoms with van der Waals surface area (Å²) in [6.07, 6.45) is -0.187. The van der Waals surface area contributed by atoms with Crippen molar-refractivity contribution in [3.05, 3.63) is 35.1 Å². The summed E-state index contributed by atoms with van der Waals surface area (Å²) < 4.78 is 26.9. The lowest BCUT2D eigenvalue weighted by molar-refractivity contribution is -0.151. The van der Waals surface area contributed by atoms with Crippen LogP contribution in [-0.2, 0) is 10.5 Å². The monoisotopic (exact) mass is 214 g/mol. The minimum Gasteiger partial charge on any atom is -0.479 e. The third-order valence-electron chi connectivity index (χ3n) is 2.44. The Morgan fingerprint density at radius 2 is 2.13 bits per heavy atom. The van der Waals surface area contributed by atoms with Gasteiger partial charge in [-0.25, -0.2) is 13.6 Å². The van der Waals surface area contributed by atoms with E-state index < -0.39 is 17.5 Å². The molecule has 0 radical (unpaired) electrons. The van der Waals surface area contributed by atoms with Crippen LogP contribution in [0, 0.1) is 12.7 Å². The molecule has 82 valence electrons. The van der Waals surface area contributed by atoms with E-state index in [9.17, 15) is 13.6 Å². The Balaban J connectivity index is 3.25. The first-order chi connectivity index (χ1) is 6.91. The number of halogens is 2. The zero-order valence-corrected chi connectivity index (χ0v) is 8.55. The molecule has 1 aromatic carbocycles. The molecule has 0 amide bonds. The maximum atomic E-state index is 14.0. The fourth-order valence-corrected chi connectivity index (χ4v) is 1.37. The number of aliphatic carboxylic acids is 1. The highest BCUT2D eigenvalue weighted by Crippen LogP contribution is 2.31. The van der Waals surface area contributed by atoms with Gasteiger partial charge in [-0.3, -0.25) is 0 Å². The van der Waals surface area contributed by atoms with E-state index in [1.54, 1.807) is 0 Å². The highest BCUT2D eigenvalue weighted by Gasteiger charge is 2.38. The highest BCUT2D eigenvalue weighted by molar-refractivity contribution is 5.79. The maximum absolute atomic E-state index is 14.0. The Labute approximate surface area is 86.5 Å². The van der Waals surface area contributed by atoms with Crippen molar-refractivity contribution < 1.29 is 18.7 Å². The van der Waals surface area contributed by atoms with Crippen LogP contribution in [0.5, 0.6) is 0 Å². The van der Waals surface area contributed by atoms with E-state index in [4.69, 9.17) is 5.11 Å². The molecule has 0 aliphatic heterocycles. The molecule has 4 heteroatoms. The van der Waals surface area contributed by atoms with Crippen LogP contribution in [0.25, 0.3) is 0 Å². The molecule has 0 spiro atoms. The van der Waals surface area contributed by atoms with Crippen molar-refractivity contribution in [1.82, 2.24) is 0 Å². The average molecular weight is 214 g/mol. The minimum atomic E-state index is -2.43. The molecule has 0 saturated carbocycles. The molecular formula is C11H12F2O2. The van der Waals surface area contributed by atoms with Gasteiger partial charge in [0, 0.05) is 5.56 Å². The van der Waals surface area contributed by atoms with Gasteiger partial charge in [-0.15, -0.1) is 0 Å². The van der Waals surface area contributed by atoms with Crippen LogP contribution in [-0.4, -0.2) is 11.1 Å². The van der Waals surface area contributed by atoms with Gasteiger partial charge in [-0.05, 0) is 31.0 Å². The highest BCUT2D eigenvalue weighted by atomic mass is 19.1. The van der Waals surface area contributed by atoms with Crippen LogP contribution in [0.1, 0.15) is 24.5 Å². The number of carbonyl (C=O) groups is 1. The maximum Gasteiger partial charge on any atom is 0.346 e. The number of hydrogen-bond donors (Lipinski definition) is 1. The topological polar surface area (TPSA) is 37.3 Å². The molecule has 0 fully saturated rings. The van der Waals surface area contributed by atoms with Crippen LogP contribution in [0.2, 0.25) is 0 Å². The number of aryl methyl sites for hydroxylation is 1. The van der Waals surface area contributed by atoms with E-state index in [-0.39, 0.29) is 17.5 Å². The normalized spacial score (nSPS) is 14.7. The summed E-state index contributed by atoms with van der Waals surface area (Å²) in [4.78, 5) is 10.8. The lowest BCUT2D eigenvalue weighted by Gasteiger charge is -2.19. The summed E-state index contributed by atoms with van der Waals surface area (Å²) in [6, 6.07) is 3.48. The molecule has 1 atom stereocenters. The Kier molecular flexibility index (Phi) is 3.07. The van der Waals surface area contributed by atoms with Crippen molar-refractivity contribution in [3.8, 4) is 0 Å². The summed E-state index contributed by atoms with van der Waals surface area (Å²) in [5.41, 5.74) is -2.21. The molecule has 1 rings (SSSR count). The van der Waals surface area contributed by atoms with E-state index in [1.807, 2.05) is 0 Å². The van der Waals surface area contributed by atoms with Crippen LogP contribution >= 0.6 is 0 Å². The zero-order chi connectivity index (χ0) is 11.6. The third-order valence-corrected chi connectivity index (χ3v) is 2.44. The predicted molar refractivity (Wildman–Crippen MR) is 51.8 cm³/mol. The van der Waals surface area contributed by atoms with Gasteiger partial charge in [0.15, 0.2) is 0 Å². The molecule has 0 bridgehead atoms. The van der Waals surface area contributed by atoms with Crippen molar-refractivity contribution in [2.75, 3.05) is 0 Å². The van der Waals surface area contributed by atoms with Crippen LogP contribution in [0.4, 0.5) is 8.78 Å². The number of hydrogen-bond acceptors (Lipinski definition) is 1. The second kappa shape index (κ2) is 3.96. The third kappa shape index (κ3) is 1.98. The Morgan fingerprint density at radius 3 is 2.53 bits per heavy atom. The molecule has 0 saturated heterocycles. The van der Waals surface area contributed by atoms with E-state index in [0.717, 1.165) is 6.07 Å². The van der Waals surface area contributed by atoms with Crippen molar-refractivity contribution in [2.24, 2.45) is 0 Å². The summed E-state index contributed by atoms with van der Waals surface area (Å²) in [7, 11) is 0. The fourth-order valence-electron chi connectivity index (χ4n) is 1.37. The summed E-state index contributed by atoms with van der Waals surface area (Å²) in [6.45, 7) is 2.91. The van der Waals surface area contributed by atoms with Gasteiger partial charge in [0.1, 0.15) is 5.82 Å². The number of rotatable bonds is 3. The molecule has 1 N–H and O–H groups in total. The first-order valence-corrected chi connectivity index (χ1v) is 4.60. The lowest BCUT2D eigenvalue weighted by atomic mass is 9.92. The lowest BCUT2D eigenvalue weighted by Crippen LogP contribution is -2.30. The van der Waals surface area contributed by atoms with E-state index in [2.05, 4.69) is 0 Å². The molecule has 1 aromatic rings. The SMILES string of the molecule is CCC(F)(C(=O)O)c1ccc(F)c(C)c1. The van der Waals surface area contributed by atoms with Crippen LogP contribution in [0.3, 0.4) is 0 Å². The predicted octanol–water partition coefficient (Wildman–Crippen LogP) is 2.79. The summed E-state index contributed by atoms with van der Waals surface area (Å²) >= 11 is 0. The molecule has 2 nitrogen and oxygen atoms in total. The van der Waals surface area contributed by atoms with Crippen molar-refractivity contribution in [2.45, 2.75) is 25.9 Å². The van der Waals surface area contributed by atoms with Gasteiger partial charge in [0.25, 0.3) is 0 Å². The van der Waals surface area contributed by atoms with E-state index in [1.165, 1.54) is 26.0 Å². The summed E-state index contributed by atoms with van der Waals surface area (Å²) in [5.74, 6) is -2.02. The molecular weight excluding hydrogens is 202 g/mol. The van der Waals surface area contributed by atoms with Gasteiger partial charge >= 0.3 is 5.97 Å². The average Bonchev–Trinajstić information content (AvgIpc) is 2.20. The molecule has 0 aliphatic carbocycles. The minimum absolute atomic E-state index is 0.0172. The number of carboxylic acid groups (broad SMARTS) is 1. The molecule has 0 aliphatic rings. The molecule has 0 heterocycles. The molecule has 15 heavy (non-hydrogen) atoms. The van der Waals surface area contributed by atoms with Gasteiger partial charge < -0.3 is 5.11 Å². The van der Waals surface area contributed by atoms with E-state index >= 15 is 0 Å². The van der Waals surface area contributed by atoms with Crippen molar-refractivity contribution in [3.63, 3.8) is 0 Å².